The number of nitrogens with zero attached hydrogens (tertiary/aromatic N) is 2. The molecule has 30 heavy (non-hydrogen) atoms. The molecule has 4 N–H and O–H groups in total. The third kappa shape index (κ3) is 3.84. The van der Waals surface area contributed by atoms with Crippen molar-refractivity contribution in [3.63, 3.8) is 0 Å². The predicted octanol–water partition coefficient (Wildman–Crippen LogP) is 3.78. The number of aromatic amines is 1. The zero-order valence-electron chi connectivity index (χ0n) is 15.5. The summed E-state index contributed by atoms with van der Waals surface area (Å²) in [5.74, 6) is -1.74. The zero-order valence-corrected chi connectivity index (χ0v) is 15.5. The molecular formula is C20H16F3N5O2. The lowest BCUT2D eigenvalue weighted by Gasteiger charge is -2.01. The third-order valence-corrected chi connectivity index (χ3v) is 4.51. The van der Waals surface area contributed by atoms with Crippen molar-refractivity contribution in [2.45, 2.75) is 12.8 Å². The summed E-state index contributed by atoms with van der Waals surface area (Å²) in [4.78, 5) is 13.0. The molecule has 3 heterocycles. The fourth-order valence-electron chi connectivity index (χ4n) is 3.18. The van der Waals surface area contributed by atoms with Crippen LogP contribution in [-0.4, -0.2) is 27.6 Å². The standard InChI is InChI=1S/C16H9F3N4O.C4H7NO/c17-8-3-1-7(2-4-8)13-12(15-22-23-16(20)24-15)10-5-9(18)6-11(19)14(10)21-13;6-4-2-1-3-5-4/h1-6,21H,(H2,20,23);1-3H2,(H,5,6). The third-order valence-electron chi connectivity index (χ3n) is 4.51. The fourth-order valence-corrected chi connectivity index (χ4v) is 3.18. The van der Waals surface area contributed by atoms with E-state index in [0.29, 0.717) is 16.8 Å². The first-order valence-corrected chi connectivity index (χ1v) is 9.05. The first kappa shape index (κ1) is 19.5. The lowest BCUT2D eigenvalue weighted by molar-refractivity contribution is -0.119. The number of nitrogen functional groups attached to an aromatic ring is 1. The Labute approximate surface area is 168 Å². The smallest absolute Gasteiger partial charge is 0.313 e. The van der Waals surface area contributed by atoms with Gasteiger partial charge >= 0.3 is 6.01 Å². The second-order valence-corrected chi connectivity index (χ2v) is 6.59. The maximum atomic E-state index is 14.1. The van der Waals surface area contributed by atoms with Gasteiger partial charge in [-0.25, -0.2) is 13.2 Å². The number of carbonyl (C=O) groups excluding carboxylic acids is 1. The molecule has 4 aromatic rings. The van der Waals surface area contributed by atoms with Gasteiger partial charge in [-0.1, -0.05) is 5.10 Å². The highest BCUT2D eigenvalue weighted by Crippen LogP contribution is 2.39. The number of hydrogen-bond donors (Lipinski definition) is 3. The molecule has 0 radical (unpaired) electrons. The lowest BCUT2D eigenvalue weighted by Crippen LogP contribution is -2.12. The summed E-state index contributed by atoms with van der Waals surface area (Å²) in [7, 11) is 0. The topological polar surface area (TPSA) is 110 Å². The quantitative estimate of drug-likeness (QED) is 0.462. The van der Waals surface area contributed by atoms with Crippen LogP contribution in [0.3, 0.4) is 0 Å². The van der Waals surface area contributed by atoms with Gasteiger partial charge in [0, 0.05) is 24.4 Å². The first-order chi connectivity index (χ1) is 14.4. The van der Waals surface area contributed by atoms with Crippen LogP contribution in [0.4, 0.5) is 19.2 Å². The number of anilines is 1. The van der Waals surface area contributed by atoms with Gasteiger partial charge in [-0.3, -0.25) is 4.79 Å². The van der Waals surface area contributed by atoms with E-state index in [0.717, 1.165) is 31.5 Å². The van der Waals surface area contributed by atoms with Crippen molar-refractivity contribution in [3.05, 3.63) is 53.8 Å². The highest BCUT2D eigenvalue weighted by molar-refractivity contribution is 6.02. The molecule has 0 saturated carbocycles. The van der Waals surface area contributed by atoms with Crippen molar-refractivity contribution < 1.29 is 22.4 Å². The molecule has 5 rings (SSSR count). The van der Waals surface area contributed by atoms with Crippen LogP contribution in [0.15, 0.2) is 40.8 Å². The fraction of sp³-hybridized carbons (Fsp3) is 0.150. The van der Waals surface area contributed by atoms with Gasteiger partial charge in [-0.15, -0.1) is 5.10 Å². The molecule has 0 aliphatic carbocycles. The Bertz CT molecular complexity index is 1210. The molecule has 1 fully saturated rings. The number of amides is 1. The van der Waals surface area contributed by atoms with Gasteiger partial charge in [0.15, 0.2) is 0 Å². The highest BCUT2D eigenvalue weighted by Gasteiger charge is 2.22. The van der Waals surface area contributed by atoms with Crippen LogP contribution in [0.5, 0.6) is 0 Å². The van der Waals surface area contributed by atoms with Crippen LogP contribution in [-0.2, 0) is 4.79 Å². The van der Waals surface area contributed by atoms with Crippen molar-refractivity contribution in [1.82, 2.24) is 20.5 Å². The van der Waals surface area contributed by atoms with Gasteiger partial charge in [0.05, 0.1) is 16.8 Å². The average Bonchev–Trinajstić information content (AvgIpc) is 3.43. The normalized spacial score (nSPS) is 13.2. The Hall–Kier alpha value is -3.82. The SMILES string of the molecule is Nc1nnc(-c2c(-c3ccc(F)cc3)[nH]c3c(F)cc(F)cc23)o1.O=C1CCCN1. The van der Waals surface area contributed by atoms with E-state index in [1.165, 1.54) is 24.3 Å². The summed E-state index contributed by atoms with van der Waals surface area (Å²) >= 11 is 0. The molecule has 2 aromatic carbocycles. The maximum absolute atomic E-state index is 14.1. The minimum absolute atomic E-state index is 0.00285. The molecule has 0 spiro atoms. The van der Waals surface area contributed by atoms with E-state index in [1.807, 2.05) is 0 Å². The second kappa shape index (κ2) is 7.90. The van der Waals surface area contributed by atoms with Crippen molar-refractivity contribution in [2.24, 2.45) is 0 Å². The van der Waals surface area contributed by atoms with E-state index in [-0.39, 0.29) is 28.7 Å². The predicted molar refractivity (Wildman–Crippen MR) is 104 cm³/mol. The summed E-state index contributed by atoms with van der Waals surface area (Å²) in [6.45, 7) is 0.888. The Morgan fingerprint density at radius 3 is 2.37 bits per heavy atom. The molecule has 0 unspecified atom stereocenters. The number of benzene rings is 2. The number of fused-ring (bicyclic) bond motifs is 1. The van der Waals surface area contributed by atoms with Crippen LogP contribution < -0.4 is 11.1 Å². The first-order valence-electron chi connectivity index (χ1n) is 9.05. The number of rotatable bonds is 2. The number of halogens is 3. The maximum Gasteiger partial charge on any atom is 0.313 e. The van der Waals surface area contributed by atoms with Gasteiger partial charge in [0.25, 0.3) is 5.89 Å². The molecule has 7 nitrogen and oxygen atoms in total. The second-order valence-electron chi connectivity index (χ2n) is 6.59. The number of nitrogens with two attached hydrogens (primary N) is 1. The Kier molecular flexibility index (Phi) is 5.13. The molecule has 10 heteroatoms. The van der Waals surface area contributed by atoms with Crippen LogP contribution in [0, 0.1) is 17.5 Å². The van der Waals surface area contributed by atoms with E-state index in [1.54, 1.807) is 0 Å². The van der Waals surface area contributed by atoms with Gasteiger partial charge in [-0.2, -0.15) is 0 Å². The molecule has 154 valence electrons. The van der Waals surface area contributed by atoms with Gasteiger partial charge < -0.3 is 20.5 Å². The highest BCUT2D eigenvalue weighted by atomic mass is 19.1. The molecule has 2 aromatic heterocycles. The van der Waals surface area contributed by atoms with Crippen molar-refractivity contribution in [2.75, 3.05) is 12.3 Å². The molecule has 1 saturated heterocycles. The molecule has 0 bridgehead atoms. The van der Waals surface area contributed by atoms with Crippen molar-refractivity contribution >= 4 is 22.8 Å². The Morgan fingerprint density at radius 1 is 1.03 bits per heavy atom. The summed E-state index contributed by atoms with van der Waals surface area (Å²) in [5.41, 5.74) is 6.74. The number of aromatic nitrogens is 3. The van der Waals surface area contributed by atoms with Gasteiger partial charge in [0.2, 0.25) is 5.91 Å². The van der Waals surface area contributed by atoms with Gasteiger partial charge in [-0.05, 0) is 42.3 Å². The molecule has 0 atom stereocenters. The Morgan fingerprint density at radius 2 is 1.80 bits per heavy atom. The van der Waals surface area contributed by atoms with Crippen LogP contribution in [0.1, 0.15) is 12.8 Å². The largest absolute Gasteiger partial charge is 0.403 e. The number of H-pyrrole nitrogens is 1. The van der Waals surface area contributed by atoms with E-state index in [2.05, 4.69) is 20.5 Å². The lowest BCUT2D eigenvalue weighted by atomic mass is 10.0. The zero-order chi connectivity index (χ0) is 21.3. The van der Waals surface area contributed by atoms with Crippen LogP contribution >= 0.6 is 0 Å². The van der Waals surface area contributed by atoms with E-state index < -0.39 is 17.5 Å². The molecule has 1 amide bonds. The average molecular weight is 415 g/mol. The van der Waals surface area contributed by atoms with Crippen LogP contribution in [0.25, 0.3) is 33.6 Å². The van der Waals surface area contributed by atoms with E-state index in [4.69, 9.17) is 10.2 Å². The van der Waals surface area contributed by atoms with Crippen molar-refractivity contribution in [3.8, 4) is 22.7 Å². The number of hydrogen-bond acceptors (Lipinski definition) is 5. The number of carbonyl (C=O) groups is 1. The summed E-state index contributed by atoms with van der Waals surface area (Å²) in [6.07, 6.45) is 1.76. The summed E-state index contributed by atoms with van der Waals surface area (Å²) in [6, 6.07) is 7.24. The van der Waals surface area contributed by atoms with E-state index >= 15 is 0 Å². The Balaban J connectivity index is 0.000000313. The number of nitrogens with one attached hydrogen (secondary N) is 2. The minimum atomic E-state index is -0.771. The minimum Gasteiger partial charge on any atom is -0.403 e. The van der Waals surface area contributed by atoms with E-state index in [9.17, 15) is 18.0 Å². The monoisotopic (exact) mass is 415 g/mol. The molecule has 1 aliphatic rings. The van der Waals surface area contributed by atoms with Gasteiger partial charge in [0.1, 0.15) is 17.5 Å². The summed E-state index contributed by atoms with van der Waals surface area (Å²) < 4.78 is 46.2. The van der Waals surface area contributed by atoms with Crippen LogP contribution in [0.2, 0.25) is 0 Å². The van der Waals surface area contributed by atoms with Crippen molar-refractivity contribution in [1.29, 1.82) is 0 Å². The molecule has 1 aliphatic heterocycles. The summed E-state index contributed by atoms with van der Waals surface area (Å²) in [5, 5.41) is 10.3. The molecular weight excluding hydrogens is 399 g/mol.